The summed E-state index contributed by atoms with van der Waals surface area (Å²) in [5, 5.41) is 2.98. The first-order chi connectivity index (χ1) is 17.4. The van der Waals surface area contributed by atoms with Crippen molar-refractivity contribution < 1.29 is 31.2 Å². The van der Waals surface area contributed by atoms with E-state index in [-0.39, 0.29) is 22.6 Å². The van der Waals surface area contributed by atoms with Gasteiger partial charge in [0.2, 0.25) is 21.8 Å². The number of carbonyl (C=O) groups excluding carboxylic acids is 2. The lowest BCUT2D eigenvalue weighted by Gasteiger charge is -2.32. The molecule has 2 aromatic rings. The molecule has 0 heterocycles. The summed E-state index contributed by atoms with van der Waals surface area (Å²) >= 11 is 18.3. The summed E-state index contributed by atoms with van der Waals surface area (Å²) in [7, 11) is -4.30. The van der Waals surface area contributed by atoms with Crippen LogP contribution in [0.2, 0.25) is 15.1 Å². The molecule has 2 amide bonds. The van der Waals surface area contributed by atoms with Gasteiger partial charge in [-0.25, -0.2) is 8.42 Å². The highest BCUT2D eigenvalue weighted by Crippen LogP contribution is 2.36. The lowest BCUT2D eigenvalue weighted by molar-refractivity contribution is -0.139. The van der Waals surface area contributed by atoms with Gasteiger partial charge in [0.05, 0.1) is 22.5 Å². The minimum Gasteiger partial charge on any atom is -0.352 e. The lowest BCUT2D eigenvalue weighted by Crippen LogP contribution is -2.52. The zero-order valence-corrected chi connectivity index (χ0v) is 24.0. The van der Waals surface area contributed by atoms with Crippen LogP contribution in [0.4, 0.5) is 18.9 Å². The molecule has 2 aromatic carbocycles. The van der Waals surface area contributed by atoms with Crippen molar-refractivity contribution in [2.45, 2.75) is 52.0 Å². The second kappa shape index (κ2) is 12.8. The molecule has 210 valence electrons. The van der Waals surface area contributed by atoms with Gasteiger partial charge in [0.1, 0.15) is 12.6 Å². The standard InChI is InChI=1S/C24H27Cl3F3N3O4S/c1-5-14(2)31-23(35)15(3)32(12-16-6-8-18(25)11-20(16)27)22(34)13-33(38(4,36)37)21-10-17(24(28,29)30)7-9-19(21)26/h6-11,14-15H,5,12-13H2,1-4H3,(H,31,35)/t14-,15+/m0/s1. The van der Waals surface area contributed by atoms with Crippen LogP contribution >= 0.6 is 34.8 Å². The number of sulfonamides is 1. The number of nitrogens with zero attached hydrogens (tertiary/aromatic N) is 2. The third-order valence-electron chi connectivity index (χ3n) is 5.75. The monoisotopic (exact) mass is 615 g/mol. The minimum absolute atomic E-state index is 0.200. The topological polar surface area (TPSA) is 86.8 Å². The Labute approximate surface area is 234 Å². The molecule has 0 unspecified atom stereocenters. The third-order valence-corrected chi connectivity index (χ3v) is 7.78. The third kappa shape index (κ3) is 8.39. The van der Waals surface area contributed by atoms with E-state index in [4.69, 9.17) is 34.8 Å². The molecular weight excluding hydrogens is 590 g/mol. The number of alkyl halides is 3. The predicted octanol–water partition coefficient (Wildman–Crippen LogP) is 5.76. The van der Waals surface area contributed by atoms with Gasteiger partial charge in [-0.1, -0.05) is 47.8 Å². The number of nitrogens with one attached hydrogen (secondary N) is 1. The fraction of sp³-hybridized carbons (Fsp3) is 0.417. The number of hydrogen-bond donors (Lipinski definition) is 1. The first-order valence-corrected chi connectivity index (χ1v) is 14.3. The highest BCUT2D eigenvalue weighted by Gasteiger charge is 2.35. The van der Waals surface area contributed by atoms with Crippen LogP contribution in [-0.4, -0.2) is 50.0 Å². The van der Waals surface area contributed by atoms with Crippen molar-refractivity contribution in [2.75, 3.05) is 17.1 Å². The van der Waals surface area contributed by atoms with Gasteiger partial charge in [0.15, 0.2) is 0 Å². The molecule has 0 aromatic heterocycles. The van der Waals surface area contributed by atoms with Crippen LogP contribution in [0.1, 0.15) is 38.3 Å². The molecule has 1 N–H and O–H groups in total. The molecule has 14 heteroatoms. The maximum absolute atomic E-state index is 13.6. The number of rotatable bonds is 10. The molecule has 7 nitrogen and oxygen atoms in total. The summed E-state index contributed by atoms with van der Waals surface area (Å²) in [5.74, 6) is -1.39. The Kier molecular flexibility index (Phi) is 10.7. The number of carbonyl (C=O) groups is 2. The van der Waals surface area contributed by atoms with Crippen molar-refractivity contribution in [1.82, 2.24) is 10.2 Å². The Morgan fingerprint density at radius 1 is 1.03 bits per heavy atom. The maximum atomic E-state index is 13.6. The Bertz CT molecular complexity index is 1290. The molecule has 0 saturated heterocycles. The zero-order valence-electron chi connectivity index (χ0n) is 20.9. The van der Waals surface area contributed by atoms with Crippen LogP contribution in [0.5, 0.6) is 0 Å². The number of hydrogen-bond acceptors (Lipinski definition) is 4. The summed E-state index contributed by atoms with van der Waals surface area (Å²) < 4.78 is 65.8. The van der Waals surface area contributed by atoms with Gasteiger partial charge >= 0.3 is 6.18 Å². The van der Waals surface area contributed by atoms with Gasteiger partial charge in [-0.2, -0.15) is 13.2 Å². The average Bonchev–Trinajstić information content (AvgIpc) is 2.80. The van der Waals surface area contributed by atoms with Crippen molar-refractivity contribution >= 4 is 62.3 Å². The quantitative estimate of drug-likeness (QED) is 0.368. The zero-order chi connectivity index (χ0) is 29.0. The summed E-state index contributed by atoms with van der Waals surface area (Å²) in [5.41, 5.74) is -1.27. The van der Waals surface area contributed by atoms with Crippen LogP contribution < -0.4 is 9.62 Å². The predicted molar refractivity (Wildman–Crippen MR) is 143 cm³/mol. The molecule has 0 saturated carbocycles. The number of amides is 2. The molecular formula is C24H27Cl3F3N3O4S. The molecule has 0 aliphatic carbocycles. The maximum Gasteiger partial charge on any atom is 0.416 e. The first kappa shape index (κ1) is 32.0. The number of benzene rings is 2. The molecule has 2 rings (SSSR count). The molecule has 0 bridgehead atoms. The van der Waals surface area contributed by atoms with E-state index in [2.05, 4.69) is 5.32 Å². The Balaban J connectivity index is 2.53. The van der Waals surface area contributed by atoms with Crippen LogP contribution in [0, 0.1) is 0 Å². The summed E-state index contributed by atoms with van der Waals surface area (Å²) in [6, 6.07) is 5.36. The van der Waals surface area contributed by atoms with E-state index in [1.165, 1.54) is 19.1 Å². The van der Waals surface area contributed by atoms with Crippen LogP contribution in [0.3, 0.4) is 0 Å². The molecule has 0 aliphatic heterocycles. The van der Waals surface area contributed by atoms with Crippen molar-refractivity contribution in [3.8, 4) is 0 Å². The van der Waals surface area contributed by atoms with Gasteiger partial charge in [-0.3, -0.25) is 13.9 Å². The van der Waals surface area contributed by atoms with E-state index in [0.717, 1.165) is 17.2 Å². The van der Waals surface area contributed by atoms with Crippen molar-refractivity contribution in [3.05, 3.63) is 62.6 Å². The van der Waals surface area contributed by atoms with Crippen LogP contribution in [0.25, 0.3) is 0 Å². The van der Waals surface area contributed by atoms with Gasteiger partial charge < -0.3 is 10.2 Å². The second-order valence-corrected chi connectivity index (χ2v) is 11.8. The summed E-state index contributed by atoms with van der Waals surface area (Å²) in [6.45, 7) is 3.94. The van der Waals surface area contributed by atoms with Gasteiger partial charge in [-0.05, 0) is 56.2 Å². The average molecular weight is 617 g/mol. The second-order valence-electron chi connectivity index (χ2n) is 8.68. The van der Waals surface area contributed by atoms with E-state index in [1.54, 1.807) is 13.0 Å². The molecule has 38 heavy (non-hydrogen) atoms. The van der Waals surface area contributed by atoms with Crippen molar-refractivity contribution in [2.24, 2.45) is 0 Å². The normalized spacial score (nSPS) is 13.5. The van der Waals surface area contributed by atoms with E-state index in [9.17, 15) is 31.2 Å². The number of anilines is 1. The Morgan fingerprint density at radius 2 is 1.66 bits per heavy atom. The van der Waals surface area contributed by atoms with Crippen LogP contribution in [0.15, 0.2) is 36.4 Å². The fourth-order valence-corrected chi connectivity index (χ4v) is 4.95. The van der Waals surface area contributed by atoms with Gasteiger partial charge in [0.25, 0.3) is 0 Å². The van der Waals surface area contributed by atoms with E-state index in [0.29, 0.717) is 33.4 Å². The van der Waals surface area contributed by atoms with Crippen molar-refractivity contribution in [1.29, 1.82) is 0 Å². The smallest absolute Gasteiger partial charge is 0.352 e. The SMILES string of the molecule is CC[C@H](C)NC(=O)[C@@H](C)N(Cc1ccc(Cl)cc1Cl)C(=O)CN(c1cc(C(F)(F)F)ccc1Cl)S(C)(=O)=O. The Hall–Kier alpha value is -2.21. The summed E-state index contributed by atoms with van der Waals surface area (Å²) in [6.07, 6.45) is -3.44. The van der Waals surface area contributed by atoms with Gasteiger partial charge in [-0.15, -0.1) is 0 Å². The summed E-state index contributed by atoms with van der Waals surface area (Å²) in [4.78, 5) is 27.6. The Morgan fingerprint density at radius 3 is 2.18 bits per heavy atom. The van der Waals surface area contributed by atoms with E-state index in [1.807, 2.05) is 6.92 Å². The van der Waals surface area contributed by atoms with E-state index < -0.39 is 51.9 Å². The molecule has 2 atom stereocenters. The highest BCUT2D eigenvalue weighted by atomic mass is 35.5. The lowest BCUT2D eigenvalue weighted by atomic mass is 10.1. The first-order valence-electron chi connectivity index (χ1n) is 11.3. The van der Waals surface area contributed by atoms with Gasteiger partial charge in [0, 0.05) is 22.6 Å². The molecule has 0 spiro atoms. The molecule has 0 aliphatic rings. The van der Waals surface area contributed by atoms with E-state index >= 15 is 0 Å². The van der Waals surface area contributed by atoms with Crippen molar-refractivity contribution in [3.63, 3.8) is 0 Å². The largest absolute Gasteiger partial charge is 0.416 e. The molecule has 0 fully saturated rings. The highest BCUT2D eigenvalue weighted by molar-refractivity contribution is 7.92. The minimum atomic E-state index is -4.79. The van der Waals surface area contributed by atoms with Crippen LogP contribution in [-0.2, 0) is 32.3 Å². The fourth-order valence-electron chi connectivity index (χ4n) is 3.36. The number of halogens is 6. The molecule has 0 radical (unpaired) electrons.